The van der Waals surface area contributed by atoms with Gasteiger partial charge in [0.05, 0.1) is 108 Å². The van der Waals surface area contributed by atoms with Crippen molar-refractivity contribution in [3.8, 4) is 11.5 Å². The summed E-state index contributed by atoms with van der Waals surface area (Å²) in [6.07, 6.45) is 8.21. The Bertz CT molecular complexity index is 4440. The number of carbonyl (C=O) groups excluding carboxylic acids is 3. The second kappa shape index (κ2) is 26.5. The van der Waals surface area contributed by atoms with Crippen molar-refractivity contribution < 1.29 is 45.8 Å². The van der Waals surface area contributed by atoms with Gasteiger partial charge in [0.1, 0.15) is 11.9 Å². The van der Waals surface area contributed by atoms with Crippen molar-refractivity contribution in [1.82, 2.24) is 41.0 Å². The van der Waals surface area contributed by atoms with Gasteiger partial charge in [-0.2, -0.15) is 0 Å². The summed E-state index contributed by atoms with van der Waals surface area (Å²) in [6.45, 7) is 15.8. The topological polar surface area (TPSA) is 297 Å². The van der Waals surface area contributed by atoms with Crippen LogP contribution in [-0.2, 0) is 45.0 Å². The van der Waals surface area contributed by atoms with E-state index in [1.807, 2.05) is 140 Å². The third-order valence-electron chi connectivity index (χ3n) is 15.2. The van der Waals surface area contributed by atoms with E-state index in [-0.39, 0.29) is 39.5 Å². The van der Waals surface area contributed by atoms with Crippen LogP contribution in [0.2, 0.25) is 0 Å². The molecule has 482 valence electrons. The molecule has 2 amide bonds. The zero-order chi connectivity index (χ0) is 66.8. The van der Waals surface area contributed by atoms with Crippen LogP contribution in [0.1, 0.15) is 130 Å². The molecule has 0 fully saturated rings. The van der Waals surface area contributed by atoms with E-state index in [1.54, 1.807) is 94.7 Å². The number of hydrazine groups is 4. The van der Waals surface area contributed by atoms with E-state index in [2.05, 4.69) is 52.0 Å². The lowest BCUT2D eigenvalue weighted by Crippen LogP contribution is -2.36. The summed E-state index contributed by atoms with van der Waals surface area (Å²) in [5, 5.41) is 20.2. The number of carbonyl (C=O) groups is 3. The van der Waals surface area contributed by atoms with Crippen molar-refractivity contribution in [2.24, 2.45) is 14.1 Å². The number of rotatable bonds is 18. The third-order valence-corrected chi connectivity index (χ3v) is 16.3. The van der Waals surface area contributed by atoms with Crippen LogP contribution in [0.4, 0.5) is 34.1 Å². The van der Waals surface area contributed by atoms with Gasteiger partial charge in [0.25, 0.3) is 11.8 Å². The molecule has 2 aromatic heterocycles. The number of aryl methyl sites for hydroxylation is 2. The summed E-state index contributed by atoms with van der Waals surface area (Å²) < 4.78 is 68.1. The highest BCUT2D eigenvalue weighted by Gasteiger charge is 2.29. The van der Waals surface area contributed by atoms with Crippen molar-refractivity contribution in [2.75, 3.05) is 56.8 Å². The predicted octanol–water partition coefficient (Wildman–Crippen LogP) is 9.29. The predicted molar refractivity (Wildman–Crippen MR) is 359 cm³/mol. The van der Waals surface area contributed by atoms with Gasteiger partial charge < -0.3 is 34.3 Å². The molecule has 0 saturated heterocycles. The lowest BCUT2D eigenvalue weighted by molar-refractivity contribution is 0.101. The van der Waals surface area contributed by atoms with Crippen LogP contribution in [0.5, 0.6) is 11.5 Å². The van der Waals surface area contributed by atoms with Gasteiger partial charge in [-0.3, -0.25) is 44.7 Å². The molecule has 0 bridgehead atoms. The van der Waals surface area contributed by atoms with Crippen LogP contribution in [0.3, 0.4) is 0 Å². The fraction of sp³-hybridized carbons (Fsp3) is 0.258. The number of nitrogens with zero attached hydrogens (tertiary/aromatic N) is 6. The van der Waals surface area contributed by atoms with E-state index in [4.69, 9.17) is 9.47 Å². The van der Waals surface area contributed by atoms with E-state index in [0.29, 0.717) is 62.5 Å². The fourth-order valence-corrected chi connectivity index (χ4v) is 11.3. The Morgan fingerprint density at radius 2 is 0.967 bits per heavy atom. The van der Waals surface area contributed by atoms with Gasteiger partial charge in [-0.05, 0) is 101 Å². The summed E-state index contributed by atoms with van der Waals surface area (Å²) in [7, 11) is -0.788. The highest BCUT2D eigenvalue weighted by Crippen LogP contribution is 2.42. The minimum absolute atomic E-state index is 0.184. The maximum absolute atomic E-state index is 13.6. The zero-order valence-electron chi connectivity index (χ0n) is 53.6. The zero-order valence-corrected chi connectivity index (χ0v) is 55.2. The van der Waals surface area contributed by atoms with Crippen LogP contribution in [0, 0.1) is 13.8 Å². The third kappa shape index (κ3) is 15.1. The Kier molecular flexibility index (Phi) is 19.1. The smallest absolute Gasteiger partial charge is 0.255 e. The Hall–Kier alpha value is -9.99. The Balaban J connectivity index is 0.000000217. The first-order valence-corrected chi connectivity index (χ1v) is 32.8. The van der Waals surface area contributed by atoms with Gasteiger partial charge in [-0.15, -0.1) is 11.1 Å². The highest BCUT2D eigenvalue weighted by molar-refractivity contribution is 7.92. The number of anilines is 6. The summed E-state index contributed by atoms with van der Waals surface area (Å²) in [4.78, 5) is 49.1. The standard InChI is InChI=1S/C33H39N7O5S.C33H37N7O5S/c2*1-20-13-14-22(32(42)35-24-16-23(33(2,3)4)17-25(30(24)45-6)37-46(7,43)44)15-27(20)40-19-26(36-38-40)28-18-34-31(39(28)5)29(41)21-11-9-8-10-12-21/h8-19,29,36-38,41H,1-7H3,(H,35,42);8-19,36-38H,1-7H3,(H,35,42). The van der Waals surface area contributed by atoms with E-state index < -0.39 is 38.0 Å². The summed E-state index contributed by atoms with van der Waals surface area (Å²) >= 11 is 0. The van der Waals surface area contributed by atoms with Gasteiger partial charge >= 0.3 is 0 Å². The number of sulfonamides is 2. The average Bonchev–Trinajstić information content (AvgIpc) is 1.28. The Morgan fingerprint density at radius 3 is 1.39 bits per heavy atom. The monoisotopic (exact) mass is 1290 g/mol. The second-order valence-corrected chi connectivity index (χ2v) is 27.8. The molecule has 0 aliphatic carbocycles. The molecule has 26 heteroatoms. The molecule has 2 aliphatic heterocycles. The molecule has 2 aliphatic rings. The van der Waals surface area contributed by atoms with Crippen molar-refractivity contribution in [3.05, 3.63) is 214 Å². The maximum atomic E-state index is 13.6. The van der Waals surface area contributed by atoms with Crippen molar-refractivity contribution in [3.63, 3.8) is 0 Å². The van der Waals surface area contributed by atoms with E-state index in [0.717, 1.165) is 51.7 Å². The number of imidazole rings is 2. The van der Waals surface area contributed by atoms with E-state index >= 15 is 0 Å². The van der Waals surface area contributed by atoms with Gasteiger partial charge in [0.15, 0.2) is 17.3 Å². The number of methoxy groups -OCH3 is 2. The molecular formula is C66H76N14O10S2. The van der Waals surface area contributed by atoms with Crippen LogP contribution in [0.15, 0.2) is 146 Å². The molecule has 0 radical (unpaired) electrons. The average molecular weight is 1290 g/mol. The molecule has 0 spiro atoms. The number of ketones is 1. The molecule has 9 N–H and O–H groups in total. The molecule has 10 rings (SSSR count). The maximum Gasteiger partial charge on any atom is 0.255 e. The normalized spacial score (nSPS) is 13.6. The number of hydrogen-bond donors (Lipinski definition) is 9. The van der Waals surface area contributed by atoms with Gasteiger partial charge in [0.2, 0.25) is 25.8 Å². The lowest BCUT2D eigenvalue weighted by atomic mass is 9.86. The minimum Gasteiger partial charge on any atom is -0.492 e. The fourth-order valence-electron chi connectivity index (χ4n) is 10.2. The molecule has 24 nitrogen and oxygen atoms in total. The Morgan fingerprint density at radius 1 is 0.554 bits per heavy atom. The minimum atomic E-state index is -3.62. The number of amides is 2. The highest BCUT2D eigenvalue weighted by atomic mass is 32.2. The number of ether oxygens (including phenoxy) is 2. The summed E-state index contributed by atoms with van der Waals surface area (Å²) in [6, 6.07) is 35.9. The number of nitrogens with one attached hydrogen (secondary N) is 8. The molecule has 0 saturated carbocycles. The molecule has 4 heterocycles. The number of benzene rings is 6. The number of hydrogen-bond acceptors (Lipinski definition) is 18. The number of aliphatic hydroxyl groups is 1. The molecular weight excluding hydrogens is 1210 g/mol. The quantitative estimate of drug-likeness (QED) is 0.0362. The van der Waals surface area contributed by atoms with Crippen LogP contribution in [-0.4, -0.2) is 85.4 Å². The molecule has 8 aromatic rings. The first-order chi connectivity index (χ1) is 43.3. The largest absolute Gasteiger partial charge is 0.492 e. The van der Waals surface area contributed by atoms with Crippen molar-refractivity contribution in [2.45, 2.75) is 72.3 Å². The van der Waals surface area contributed by atoms with Crippen LogP contribution >= 0.6 is 0 Å². The molecule has 92 heavy (non-hydrogen) atoms. The van der Waals surface area contributed by atoms with E-state index in [9.17, 15) is 36.3 Å². The summed E-state index contributed by atoms with van der Waals surface area (Å²) in [5.74, 6) is 0.192. The second-order valence-electron chi connectivity index (χ2n) is 24.3. The Labute approximate surface area is 535 Å². The molecule has 6 aromatic carbocycles. The number of aliphatic hydroxyl groups excluding tert-OH is 1. The van der Waals surface area contributed by atoms with Gasteiger partial charge in [-0.1, -0.05) is 114 Å². The van der Waals surface area contributed by atoms with Crippen LogP contribution in [0.25, 0.3) is 11.4 Å². The van der Waals surface area contributed by atoms with Crippen molar-refractivity contribution in [1.29, 1.82) is 0 Å². The first kappa shape index (κ1) is 66.4. The number of aromatic nitrogens is 4. The first-order valence-electron chi connectivity index (χ1n) is 29.0. The van der Waals surface area contributed by atoms with Crippen molar-refractivity contribution >= 4 is 83.2 Å². The molecule has 1 unspecified atom stereocenters. The lowest BCUT2D eigenvalue weighted by Gasteiger charge is -2.24. The molecule has 1 atom stereocenters. The van der Waals surface area contributed by atoms with E-state index in [1.165, 1.54) is 14.2 Å². The van der Waals surface area contributed by atoms with Gasteiger partial charge in [0, 0.05) is 30.8 Å². The van der Waals surface area contributed by atoms with Crippen LogP contribution < -0.4 is 61.5 Å². The van der Waals surface area contributed by atoms with Gasteiger partial charge in [-0.25, -0.2) is 26.8 Å². The summed E-state index contributed by atoms with van der Waals surface area (Å²) in [5.41, 5.74) is 22.6. The SMILES string of the molecule is COc1c(NC(=O)c2ccc(C)c(N3C=C(c4cnc(C(=O)c5ccccc5)n4C)NN3)c2)cc(C(C)(C)C)cc1NS(C)(=O)=O.COc1c(NC(=O)c2ccc(C)c(N3C=C(c4cnc(C(O)c5ccccc5)n4C)NN3)c2)cc(C(C)(C)C)cc1NS(C)(=O)=O.